The van der Waals surface area contributed by atoms with E-state index < -0.39 is 18.0 Å². The molecule has 2 saturated heterocycles. The lowest BCUT2D eigenvalue weighted by molar-refractivity contribution is -0.159. The Labute approximate surface area is 257 Å². The number of hydroxylamine groups is 1. The number of rotatable bonds is 5. The van der Waals surface area contributed by atoms with E-state index in [2.05, 4.69) is 21.0 Å². The second-order valence-electron chi connectivity index (χ2n) is 12.0. The fraction of sp³-hybridized carbons (Fsp3) is 0.344. The number of anilines is 1. The SMILES string of the molecule is O=C(NO)c1cnc(N2CCC(CN3CC(=O)N4[C@H](c5ccc6c(c5)OCO6)c5[nH]c6ccccc6c5C[C@@H]4C3=O)CC2)nc1. The zero-order valence-corrected chi connectivity index (χ0v) is 24.3. The summed E-state index contributed by atoms with van der Waals surface area (Å²) in [6.07, 6.45) is 4.82. The largest absolute Gasteiger partial charge is 0.454 e. The summed E-state index contributed by atoms with van der Waals surface area (Å²) in [5, 5.41) is 9.88. The first-order chi connectivity index (χ1) is 22.0. The summed E-state index contributed by atoms with van der Waals surface area (Å²) in [6.45, 7) is 2.07. The average Bonchev–Trinajstić information content (AvgIpc) is 3.70. The van der Waals surface area contributed by atoms with Crippen LogP contribution in [0.4, 0.5) is 5.95 Å². The highest BCUT2D eigenvalue weighted by Gasteiger charge is 2.48. The fourth-order valence-electron chi connectivity index (χ4n) is 7.20. The molecule has 4 aromatic rings. The number of carbonyl (C=O) groups is 3. The van der Waals surface area contributed by atoms with Gasteiger partial charge in [-0.3, -0.25) is 19.6 Å². The van der Waals surface area contributed by atoms with Crippen LogP contribution in [0.2, 0.25) is 0 Å². The third-order valence-corrected chi connectivity index (χ3v) is 9.43. The predicted molar refractivity (Wildman–Crippen MR) is 160 cm³/mol. The van der Waals surface area contributed by atoms with Crippen LogP contribution >= 0.6 is 0 Å². The summed E-state index contributed by atoms with van der Waals surface area (Å²) in [5.41, 5.74) is 5.58. The van der Waals surface area contributed by atoms with Gasteiger partial charge in [0.2, 0.25) is 24.6 Å². The van der Waals surface area contributed by atoms with Crippen LogP contribution in [0.5, 0.6) is 11.5 Å². The van der Waals surface area contributed by atoms with Crippen molar-refractivity contribution in [3.8, 4) is 11.5 Å². The zero-order valence-electron chi connectivity index (χ0n) is 24.3. The number of carbonyl (C=O) groups excluding carboxylic acids is 3. The molecule has 0 aliphatic carbocycles. The molecule has 13 heteroatoms. The van der Waals surface area contributed by atoms with Crippen molar-refractivity contribution in [1.82, 2.24) is 30.2 Å². The van der Waals surface area contributed by atoms with Crippen LogP contribution < -0.4 is 19.9 Å². The van der Waals surface area contributed by atoms with Crippen molar-refractivity contribution in [2.24, 2.45) is 5.92 Å². The number of H-pyrrole nitrogens is 1. The quantitative estimate of drug-likeness (QED) is 0.229. The first-order valence-corrected chi connectivity index (χ1v) is 15.1. The molecule has 0 radical (unpaired) electrons. The molecule has 0 spiro atoms. The first-order valence-electron chi connectivity index (χ1n) is 15.1. The van der Waals surface area contributed by atoms with Crippen molar-refractivity contribution in [2.75, 3.05) is 37.9 Å². The van der Waals surface area contributed by atoms with Gasteiger partial charge in [-0.05, 0) is 48.1 Å². The van der Waals surface area contributed by atoms with Crippen LogP contribution in [-0.4, -0.2) is 86.7 Å². The van der Waals surface area contributed by atoms with E-state index in [0.29, 0.717) is 43.5 Å². The molecular formula is C32H31N7O6. The van der Waals surface area contributed by atoms with Gasteiger partial charge in [0.1, 0.15) is 6.04 Å². The Bertz CT molecular complexity index is 1820. The summed E-state index contributed by atoms with van der Waals surface area (Å²) in [6, 6.07) is 12.7. The maximum Gasteiger partial charge on any atom is 0.277 e. The molecule has 0 unspecified atom stereocenters. The van der Waals surface area contributed by atoms with Gasteiger partial charge in [0.05, 0.1) is 18.2 Å². The lowest BCUT2D eigenvalue weighted by Gasteiger charge is -2.48. The molecule has 6 heterocycles. The van der Waals surface area contributed by atoms with Crippen molar-refractivity contribution in [2.45, 2.75) is 31.3 Å². The molecule has 3 amide bonds. The highest BCUT2D eigenvalue weighted by molar-refractivity contribution is 5.97. The third-order valence-electron chi connectivity index (χ3n) is 9.43. The number of aromatic nitrogens is 3. The number of nitrogens with one attached hydrogen (secondary N) is 2. The summed E-state index contributed by atoms with van der Waals surface area (Å²) in [5.74, 6) is 1.26. The van der Waals surface area contributed by atoms with E-state index in [1.165, 1.54) is 12.4 Å². The number of nitrogens with zero attached hydrogens (tertiary/aromatic N) is 5. The second kappa shape index (κ2) is 10.8. The van der Waals surface area contributed by atoms with Crippen LogP contribution in [0.3, 0.4) is 0 Å². The minimum Gasteiger partial charge on any atom is -0.454 e. The monoisotopic (exact) mass is 609 g/mol. The summed E-state index contributed by atoms with van der Waals surface area (Å²) in [4.78, 5) is 57.5. The maximum absolute atomic E-state index is 14.2. The normalized spacial score (nSPS) is 21.2. The lowest BCUT2D eigenvalue weighted by Crippen LogP contribution is -2.63. The molecule has 2 aromatic heterocycles. The van der Waals surface area contributed by atoms with E-state index in [4.69, 9.17) is 14.7 Å². The van der Waals surface area contributed by atoms with Crippen molar-refractivity contribution >= 4 is 34.6 Å². The number of hydrogen-bond donors (Lipinski definition) is 3. The number of benzene rings is 2. The minimum atomic E-state index is -0.666. The van der Waals surface area contributed by atoms with Crippen molar-refractivity contribution < 1.29 is 29.1 Å². The van der Waals surface area contributed by atoms with E-state index >= 15 is 0 Å². The number of amides is 3. The van der Waals surface area contributed by atoms with Gasteiger partial charge in [-0.1, -0.05) is 24.3 Å². The number of fused-ring (bicyclic) bond motifs is 5. The Balaban J connectivity index is 1.03. The number of ether oxygens (including phenoxy) is 2. The number of para-hydroxylation sites is 1. The highest BCUT2D eigenvalue weighted by Crippen LogP contribution is 2.45. The molecule has 2 fully saturated rings. The molecule has 4 aliphatic rings. The van der Waals surface area contributed by atoms with Gasteiger partial charge in [-0.15, -0.1) is 0 Å². The molecular weight excluding hydrogens is 578 g/mol. The molecule has 230 valence electrons. The maximum atomic E-state index is 14.2. The van der Waals surface area contributed by atoms with Gasteiger partial charge in [0.25, 0.3) is 5.91 Å². The van der Waals surface area contributed by atoms with E-state index in [1.54, 1.807) is 15.3 Å². The number of aromatic amines is 1. The lowest BCUT2D eigenvalue weighted by atomic mass is 9.85. The van der Waals surface area contributed by atoms with Crippen LogP contribution in [0.25, 0.3) is 10.9 Å². The average molecular weight is 610 g/mol. The van der Waals surface area contributed by atoms with Gasteiger partial charge in [0.15, 0.2) is 11.5 Å². The zero-order chi connectivity index (χ0) is 30.7. The predicted octanol–water partition coefficient (Wildman–Crippen LogP) is 2.41. The van der Waals surface area contributed by atoms with E-state index in [1.807, 2.05) is 41.3 Å². The molecule has 2 atom stereocenters. The van der Waals surface area contributed by atoms with Crippen molar-refractivity contribution in [1.29, 1.82) is 0 Å². The van der Waals surface area contributed by atoms with E-state index in [0.717, 1.165) is 40.6 Å². The van der Waals surface area contributed by atoms with E-state index in [-0.39, 0.29) is 36.6 Å². The van der Waals surface area contributed by atoms with Crippen molar-refractivity contribution in [3.05, 3.63) is 77.2 Å². The van der Waals surface area contributed by atoms with Gasteiger partial charge >= 0.3 is 0 Å². The highest BCUT2D eigenvalue weighted by atomic mass is 16.7. The molecule has 0 bridgehead atoms. The second-order valence-corrected chi connectivity index (χ2v) is 12.0. The minimum absolute atomic E-state index is 0.0280. The van der Waals surface area contributed by atoms with E-state index in [9.17, 15) is 14.4 Å². The Morgan fingerprint density at radius 3 is 2.62 bits per heavy atom. The Hall–Kier alpha value is -5.17. The molecule has 2 aromatic carbocycles. The number of piperidine rings is 1. The van der Waals surface area contributed by atoms with Gasteiger partial charge in [-0.25, -0.2) is 15.4 Å². The summed E-state index contributed by atoms with van der Waals surface area (Å²) < 4.78 is 11.2. The van der Waals surface area contributed by atoms with Gasteiger partial charge in [-0.2, -0.15) is 0 Å². The smallest absolute Gasteiger partial charge is 0.277 e. The Kier molecular flexibility index (Phi) is 6.55. The third kappa shape index (κ3) is 4.62. The van der Waals surface area contributed by atoms with Gasteiger partial charge < -0.3 is 29.2 Å². The topological polar surface area (TPSA) is 153 Å². The Morgan fingerprint density at radius 2 is 1.82 bits per heavy atom. The molecule has 4 aliphatic heterocycles. The van der Waals surface area contributed by atoms with Gasteiger partial charge in [0, 0.05) is 55.0 Å². The molecule has 13 nitrogen and oxygen atoms in total. The standard InChI is InChI=1S/C32H31N7O6/c40-27-16-38(15-18-7-9-37(10-8-18)32-33-13-20(14-34-32)30(41)36-43)31(42)24-12-22-21-3-1-2-4-23(21)35-28(22)29(39(24)27)19-5-6-25-26(11-19)45-17-44-25/h1-6,11,13-14,18,24,29,35,43H,7-10,12,15-17H2,(H,36,41)/t24-,29-/m1/s1. The van der Waals surface area contributed by atoms with Crippen LogP contribution in [0.1, 0.15) is 46.1 Å². The summed E-state index contributed by atoms with van der Waals surface area (Å²) >= 11 is 0. The molecule has 3 N–H and O–H groups in total. The fourth-order valence-corrected chi connectivity index (χ4v) is 7.20. The number of hydrogen-bond acceptors (Lipinski definition) is 9. The Morgan fingerprint density at radius 1 is 1.04 bits per heavy atom. The first kappa shape index (κ1) is 27.4. The molecule has 45 heavy (non-hydrogen) atoms. The number of piperazine rings is 1. The van der Waals surface area contributed by atoms with Crippen LogP contribution in [0.15, 0.2) is 54.9 Å². The summed E-state index contributed by atoms with van der Waals surface area (Å²) in [7, 11) is 0. The van der Waals surface area contributed by atoms with Crippen LogP contribution in [0, 0.1) is 5.92 Å². The molecule has 0 saturated carbocycles. The van der Waals surface area contributed by atoms with Crippen LogP contribution in [-0.2, 0) is 16.0 Å². The molecule has 8 rings (SSSR count). The van der Waals surface area contributed by atoms with Crippen molar-refractivity contribution in [3.63, 3.8) is 0 Å².